The summed E-state index contributed by atoms with van der Waals surface area (Å²) in [5.74, 6) is -0.112. The predicted molar refractivity (Wildman–Crippen MR) is 86.4 cm³/mol. The first kappa shape index (κ1) is 14.9. The molecule has 0 bridgehead atoms. The van der Waals surface area contributed by atoms with E-state index in [0.29, 0.717) is 23.1 Å². The van der Waals surface area contributed by atoms with Gasteiger partial charge in [0.2, 0.25) is 5.91 Å². The lowest BCUT2D eigenvalue weighted by atomic mass is 10.2. The largest absolute Gasteiger partial charge is 0.332 e. The predicted octanol–water partition coefficient (Wildman–Crippen LogP) is 0.529. The van der Waals surface area contributed by atoms with Gasteiger partial charge < -0.3 is 5.32 Å². The lowest BCUT2D eigenvalue weighted by Crippen LogP contribution is -2.37. The molecule has 0 saturated heterocycles. The molecular formula is C15H15N5O3. The van der Waals surface area contributed by atoms with Gasteiger partial charge in [-0.2, -0.15) is 0 Å². The number of rotatable bonds is 2. The van der Waals surface area contributed by atoms with E-state index in [4.69, 9.17) is 0 Å². The Balaban J connectivity index is 2.30. The highest BCUT2D eigenvalue weighted by atomic mass is 16.2. The number of nitrogens with zero attached hydrogens (tertiary/aromatic N) is 4. The van der Waals surface area contributed by atoms with Gasteiger partial charge in [0.1, 0.15) is 0 Å². The standard InChI is InChI=1S/C15H15N5O3/c1-4-11(21)16-8-5-6-9-10(7-8)18-13-12(17-9)14(22)20(3)15(23)19(13)2/h5-7H,4H2,1-3H3,(H,16,21). The number of aryl methyl sites for hydroxylation is 1. The van der Waals surface area contributed by atoms with Gasteiger partial charge in [0.25, 0.3) is 5.56 Å². The fraction of sp³-hybridized carbons (Fsp3) is 0.267. The van der Waals surface area contributed by atoms with Crippen LogP contribution in [-0.2, 0) is 18.9 Å². The Hall–Kier alpha value is -3.03. The molecule has 2 aromatic heterocycles. The second-order valence-corrected chi connectivity index (χ2v) is 5.21. The van der Waals surface area contributed by atoms with Gasteiger partial charge >= 0.3 is 5.69 Å². The van der Waals surface area contributed by atoms with E-state index in [1.54, 1.807) is 25.1 Å². The summed E-state index contributed by atoms with van der Waals surface area (Å²) in [5, 5.41) is 2.74. The molecule has 23 heavy (non-hydrogen) atoms. The molecule has 0 unspecified atom stereocenters. The molecule has 1 aromatic carbocycles. The van der Waals surface area contributed by atoms with Crippen LogP contribution in [0.4, 0.5) is 5.69 Å². The number of carbonyl (C=O) groups is 1. The third kappa shape index (κ3) is 2.37. The van der Waals surface area contributed by atoms with E-state index >= 15 is 0 Å². The number of benzene rings is 1. The molecule has 0 spiro atoms. The smallest absolute Gasteiger partial charge is 0.326 e. The molecule has 118 valence electrons. The molecule has 2 heterocycles. The quantitative estimate of drug-likeness (QED) is 0.696. The first-order valence-corrected chi connectivity index (χ1v) is 7.09. The maximum atomic E-state index is 12.2. The number of anilines is 1. The maximum absolute atomic E-state index is 12.2. The maximum Gasteiger partial charge on any atom is 0.332 e. The van der Waals surface area contributed by atoms with Gasteiger partial charge in [-0.15, -0.1) is 0 Å². The van der Waals surface area contributed by atoms with Crippen molar-refractivity contribution in [2.45, 2.75) is 13.3 Å². The van der Waals surface area contributed by atoms with Crippen molar-refractivity contribution in [2.24, 2.45) is 14.1 Å². The van der Waals surface area contributed by atoms with Crippen LogP contribution in [0.3, 0.4) is 0 Å². The molecule has 8 nitrogen and oxygen atoms in total. The van der Waals surface area contributed by atoms with Crippen LogP contribution in [0.15, 0.2) is 27.8 Å². The SMILES string of the molecule is CCC(=O)Nc1ccc2nc3c(=O)n(C)c(=O)n(C)c3nc2c1. The van der Waals surface area contributed by atoms with E-state index in [9.17, 15) is 14.4 Å². The number of amides is 1. The minimum Gasteiger partial charge on any atom is -0.326 e. The Bertz CT molecular complexity index is 1060. The Labute approximate surface area is 130 Å². The van der Waals surface area contributed by atoms with Crippen LogP contribution in [0.5, 0.6) is 0 Å². The fourth-order valence-electron chi connectivity index (χ4n) is 2.31. The summed E-state index contributed by atoms with van der Waals surface area (Å²) >= 11 is 0. The summed E-state index contributed by atoms with van der Waals surface area (Å²) in [7, 11) is 2.94. The van der Waals surface area contributed by atoms with E-state index in [2.05, 4.69) is 15.3 Å². The van der Waals surface area contributed by atoms with Crippen molar-refractivity contribution in [1.29, 1.82) is 0 Å². The normalized spacial score (nSPS) is 11.1. The van der Waals surface area contributed by atoms with Gasteiger partial charge in [-0.05, 0) is 18.2 Å². The van der Waals surface area contributed by atoms with Crippen LogP contribution in [0.2, 0.25) is 0 Å². The topological polar surface area (TPSA) is 98.9 Å². The molecule has 0 fully saturated rings. The third-order valence-corrected chi connectivity index (χ3v) is 3.65. The molecule has 1 N–H and O–H groups in total. The highest BCUT2D eigenvalue weighted by molar-refractivity contribution is 5.93. The Morgan fingerprint density at radius 1 is 1.13 bits per heavy atom. The Morgan fingerprint density at radius 3 is 2.57 bits per heavy atom. The fourth-order valence-corrected chi connectivity index (χ4v) is 2.31. The van der Waals surface area contributed by atoms with Crippen molar-refractivity contribution in [2.75, 3.05) is 5.32 Å². The summed E-state index contributed by atoms with van der Waals surface area (Å²) < 4.78 is 2.28. The summed E-state index contributed by atoms with van der Waals surface area (Å²) in [6.07, 6.45) is 0.367. The Morgan fingerprint density at radius 2 is 1.87 bits per heavy atom. The number of hydrogen-bond acceptors (Lipinski definition) is 5. The van der Waals surface area contributed by atoms with Crippen LogP contribution in [0, 0.1) is 0 Å². The summed E-state index contributed by atoms with van der Waals surface area (Å²) in [5.41, 5.74) is 0.994. The minimum atomic E-state index is -0.485. The molecular weight excluding hydrogens is 298 g/mol. The molecule has 3 rings (SSSR count). The number of carbonyl (C=O) groups excluding carboxylic acids is 1. The molecule has 0 atom stereocenters. The highest BCUT2D eigenvalue weighted by Crippen LogP contribution is 2.18. The molecule has 0 saturated carbocycles. The molecule has 8 heteroatoms. The zero-order valence-electron chi connectivity index (χ0n) is 13.0. The van der Waals surface area contributed by atoms with Gasteiger partial charge in [-0.1, -0.05) is 6.92 Å². The zero-order valence-corrected chi connectivity index (χ0v) is 13.0. The lowest BCUT2D eigenvalue weighted by Gasteiger charge is -2.08. The average molecular weight is 313 g/mol. The van der Waals surface area contributed by atoms with Gasteiger partial charge in [0.15, 0.2) is 11.2 Å². The summed E-state index contributed by atoms with van der Waals surface area (Å²) in [4.78, 5) is 44.3. The first-order chi connectivity index (χ1) is 10.9. The molecule has 0 aliphatic carbocycles. The average Bonchev–Trinajstić information content (AvgIpc) is 2.56. The second kappa shape index (κ2) is 5.31. The molecule has 0 aliphatic rings. The van der Waals surface area contributed by atoms with Crippen molar-refractivity contribution in [3.8, 4) is 0 Å². The minimum absolute atomic E-state index is 0.112. The third-order valence-electron chi connectivity index (χ3n) is 3.65. The second-order valence-electron chi connectivity index (χ2n) is 5.21. The first-order valence-electron chi connectivity index (χ1n) is 7.09. The van der Waals surface area contributed by atoms with Crippen molar-refractivity contribution >= 4 is 33.8 Å². The summed E-state index contributed by atoms with van der Waals surface area (Å²) in [6, 6.07) is 5.04. The lowest BCUT2D eigenvalue weighted by molar-refractivity contribution is -0.115. The van der Waals surface area contributed by atoms with Crippen molar-refractivity contribution in [1.82, 2.24) is 19.1 Å². The molecule has 0 aliphatic heterocycles. The van der Waals surface area contributed by atoms with E-state index in [1.165, 1.54) is 18.7 Å². The number of nitrogens with one attached hydrogen (secondary N) is 1. The van der Waals surface area contributed by atoms with E-state index in [1.807, 2.05) is 0 Å². The van der Waals surface area contributed by atoms with Crippen LogP contribution in [-0.4, -0.2) is 25.0 Å². The van der Waals surface area contributed by atoms with Gasteiger partial charge in [-0.25, -0.2) is 14.8 Å². The highest BCUT2D eigenvalue weighted by Gasteiger charge is 2.13. The molecule has 1 amide bonds. The monoisotopic (exact) mass is 313 g/mol. The molecule has 3 aromatic rings. The number of fused-ring (bicyclic) bond motifs is 2. The van der Waals surface area contributed by atoms with Gasteiger partial charge in [0, 0.05) is 26.2 Å². The van der Waals surface area contributed by atoms with Crippen LogP contribution < -0.4 is 16.6 Å². The van der Waals surface area contributed by atoms with Crippen molar-refractivity contribution in [3.63, 3.8) is 0 Å². The van der Waals surface area contributed by atoms with E-state index < -0.39 is 11.2 Å². The summed E-state index contributed by atoms with van der Waals surface area (Å²) in [6.45, 7) is 1.76. The van der Waals surface area contributed by atoms with Crippen molar-refractivity contribution in [3.05, 3.63) is 39.0 Å². The number of aromatic nitrogens is 4. The Kier molecular flexibility index (Phi) is 3.44. The van der Waals surface area contributed by atoms with Crippen LogP contribution in [0.25, 0.3) is 22.2 Å². The van der Waals surface area contributed by atoms with Crippen molar-refractivity contribution < 1.29 is 4.79 Å². The van der Waals surface area contributed by atoms with E-state index in [0.717, 1.165) is 4.57 Å². The van der Waals surface area contributed by atoms with E-state index in [-0.39, 0.29) is 17.1 Å². The zero-order chi connectivity index (χ0) is 16.7. The van der Waals surface area contributed by atoms with Gasteiger partial charge in [0.05, 0.1) is 11.0 Å². The van der Waals surface area contributed by atoms with Crippen LogP contribution >= 0.6 is 0 Å². The van der Waals surface area contributed by atoms with Gasteiger partial charge in [-0.3, -0.25) is 18.7 Å². The number of hydrogen-bond donors (Lipinski definition) is 1. The molecule has 0 radical (unpaired) electrons. The van der Waals surface area contributed by atoms with Crippen LogP contribution in [0.1, 0.15) is 13.3 Å².